The van der Waals surface area contributed by atoms with E-state index in [1.807, 2.05) is 18.2 Å². The zero-order valence-corrected chi connectivity index (χ0v) is 18.8. The highest BCUT2D eigenvalue weighted by Gasteiger charge is 2.39. The predicted octanol–water partition coefficient (Wildman–Crippen LogP) is 4.41. The fourth-order valence-electron chi connectivity index (χ4n) is 5.25. The van der Waals surface area contributed by atoms with Crippen molar-refractivity contribution >= 4 is 16.9 Å². The summed E-state index contributed by atoms with van der Waals surface area (Å²) in [5.74, 6) is -1.98. The van der Waals surface area contributed by atoms with Crippen molar-refractivity contribution in [2.24, 2.45) is 0 Å². The van der Waals surface area contributed by atoms with Crippen LogP contribution in [0.15, 0.2) is 53.3 Å². The second kappa shape index (κ2) is 7.55. The lowest BCUT2D eigenvalue weighted by Crippen LogP contribution is -2.32. The molecular weight excluding hydrogens is 454 g/mol. The Kier molecular flexibility index (Phi) is 4.66. The molecule has 2 aromatic carbocycles. The van der Waals surface area contributed by atoms with Crippen molar-refractivity contribution in [3.8, 4) is 22.5 Å². The Morgan fingerprint density at radius 2 is 1.83 bits per heavy atom. The van der Waals surface area contributed by atoms with Gasteiger partial charge in [-0.15, -0.1) is 0 Å². The van der Waals surface area contributed by atoms with Crippen LogP contribution in [0.3, 0.4) is 0 Å². The van der Waals surface area contributed by atoms with Gasteiger partial charge in [-0.25, -0.2) is 13.8 Å². The Hall–Kier alpha value is -3.91. The maximum absolute atomic E-state index is 14.2. The fourth-order valence-corrected chi connectivity index (χ4v) is 5.25. The largest absolute Gasteiger partial charge is 0.460 e. The third kappa shape index (κ3) is 3.20. The molecular formula is C27H20F2N2O4. The Bertz CT molecular complexity index is 1610. The number of hydrogen-bond acceptors (Lipinski definition) is 5. The predicted molar refractivity (Wildman–Crippen MR) is 124 cm³/mol. The van der Waals surface area contributed by atoms with Gasteiger partial charge in [0.15, 0.2) is 0 Å². The number of benzene rings is 2. The van der Waals surface area contributed by atoms with E-state index in [4.69, 9.17) is 9.72 Å². The Morgan fingerprint density at radius 1 is 1.09 bits per heavy atom. The van der Waals surface area contributed by atoms with Gasteiger partial charge in [0.25, 0.3) is 5.56 Å². The van der Waals surface area contributed by atoms with Crippen LogP contribution in [0.4, 0.5) is 8.78 Å². The number of esters is 1. The van der Waals surface area contributed by atoms with Gasteiger partial charge in [-0.1, -0.05) is 25.1 Å². The van der Waals surface area contributed by atoms with Gasteiger partial charge < -0.3 is 14.4 Å². The van der Waals surface area contributed by atoms with E-state index in [9.17, 15) is 23.5 Å². The topological polar surface area (TPSA) is 81.4 Å². The normalized spacial score (nSPS) is 18.6. The van der Waals surface area contributed by atoms with E-state index >= 15 is 0 Å². The minimum Gasteiger partial charge on any atom is -0.460 e. The lowest BCUT2D eigenvalue weighted by atomic mass is 9.85. The first-order chi connectivity index (χ1) is 16.8. The third-order valence-corrected chi connectivity index (χ3v) is 7.00. The summed E-state index contributed by atoms with van der Waals surface area (Å²) in [4.78, 5) is 30.5. The van der Waals surface area contributed by atoms with Crippen molar-refractivity contribution in [2.75, 3.05) is 0 Å². The second-order valence-corrected chi connectivity index (χ2v) is 9.02. The lowest BCUT2D eigenvalue weighted by molar-refractivity contribution is -0.149. The smallest absolute Gasteiger partial charge is 0.309 e. The lowest BCUT2D eigenvalue weighted by Gasteiger charge is -2.26. The van der Waals surface area contributed by atoms with Crippen molar-refractivity contribution < 1.29 is 23.4 Å². The molecule has 4 heterocycles. The van der Waals surface area contributed by atoms with Crippen molar-refractivity contribution in [2.45, 2.75) is 38.5 Å². The first-order valence-corrected chi connectivity index (χ1v) is 11.3. The summed E-state index contributed by atoms with van der Waals surface area (Å²) >= 11 is 0. The molecule has 0 saturated carbocycles. The van der Waals surface area contributed by atoms with Crippen molar-refractivity contribution in [3.05, 3.63) is 87.2 Å². The van der Waals surface area contributed by atoms with Crippen LogP contribution in [0, 0.1) is 11.6 Å². The number of cyclic esters (lactones) is 1. The van der Waals surface area contributed by atoms with E-state index in [-0.39, 0.29) is 31.6 Å². The summed E-state index contributed by atoms with van der Waals surface area (Å²) in [6.07, 6.45) is -0.0466. The van der Waals surface area contributed by atoms with E-state index in [2.05, 4.69) is 0 Å². The van der Waals surface area contributed by atoms with Gasteiger partial charge in [0.2, 0.25) is 0 Å². The highest BCUT2D eigenvalue weighted by molar-refractivity contribution is 5.99. The summed E-state index contributed by atoms with van der Waals surface area (Å²) in [5, 5.41) is 12.0. The molecule has 0 bridgehead atoms. The molecule has 2 aliphatic rings. The first-order valence-electron chi connectivity index (χ1n) is 11.3. The molecule has 0 amide bonds. The molecule has 176 valence electrons. The van der Waals surface area contributed by atoms with Crippen LogP contribution in [0.2, 0.25) is 0 Å². The van der Waals surface area contributed by atoms with Crippen molar-refractivity contribution in [1.82, 2.24) is 9.55 Å². The number of hydrogen-bond donors (Lipinski definition) is 1. The van der Waals surface area contributed by atoms with Crippen LogP contribution in [0.1, 0.15) is 36.5 Å². The number of rotatable bonds is 2. The molecule has 1 N–H and O–H groups in total. The molecule has 2 aliphatic heterocycles. The summed E-state index contributed by atoms with van der Waals surface area (Å²) < 4.78 is 35.2. The van der Waals surface area contributed by atoms with Gasteiger partial charge >= 0.3 is 5.97 Å². The average molecular weight is 474 g/mol. The Morgan fingerprint density at radius 3 is 2.57 bits per heavy atom. The molecule has 0 saturated heterocycles. The van der Waals surface area contributed by atoms with Gasteiger partial charge in [-0.2, -0.15) is 0 Å². The number of ether oxygens (including phenoxy) is 1. The number of aliphatic hydroxyl groups is 1. The number of aromatic nitrogens is 2. The number of fused-ring (bicyclic) bond motifs is 5. The fraction of sp³-hybridized carbons (Fsp3) is 0.222. The second-order valence-electron chi connectivity index (χ2n) is 9.02. The minimum absolute atomic E-state index is 0.126. The molecule has 6 nitrogen and oxygen atoms in total. The summed E-state index contributed by atoms with van der Waals surface area (Å²) in [6, 6.07) is 12.3. The molecule has 0 spiro atoms. The SMILES string of the molecule is CC[C@@]1(O)CC(=O)OCc2c1cc1n(c2=O)Cc2c-1nc1ccccc1c2-c1cc(F)cc(F)c1. The average Bonchev–Trinajstić information content (AvgIpc) is 3.12. The third-order valence-electron chi connectivity index (χ3n) is 7.00. The van der Waals surface area contributed by atoms with Gasteiger partial charge in [-0.05, 0) is 47.4 Å². The minimum atomic E-state index is -1.55. The molecule has 4 aromatic rings. The van der Waals surface area contributed by atoms with Crippen LogP contribution in [0.25, 0.3) is 33.4 Å². The Labute approximate surface area is 198 Å². The zero-order chi connectivity index (χ0) is 24.5. The number of carbonyl (C=O) groups excluding carboxylic acids is 1. The summed E-state index contributed by atoms with van der Waals surface area (Å²) in [5.41, 5.74) is 1.81. The molecule has 0 aliphatic carbocycles. The maximum Gasteiger partial charge on any atom is 0.309 e. The molecule has 35 heavy (non-hydrogen) atoms. The monoisotopic (exact) mass is 474 g/mol. The highest BCUT2D eigenvalue weighted by atomic mass is 19.1. The Balaban J connectivity index is 1.68. The first kappa shape index (κ1) is 21.6. The van der Waals surface area contributed by atoms with E-state index in [0.717, 1.165) is 6.07 Å². The van der Waals surface area contributed by atoms with E-state index in [1.165, 1.54) is 16.7 Å². The zero-order valence-electron chi connectivity index (χ0n) is 18.8. The summed E-state index contributed by atoms with van der Waals surface area (Å²) in [6.45, 7) is 1.63. The number of halogens is 2. The standard InChI is InChI=1S/C27H20F2N2O4/c1-2-27(34)11-23(32)35-13-19-20(27)10-22-25-18(12-31(22)26(19)33)24(14-7-15(28)9-16(29)8-14)17-5-3-4-6-21(17)30-25/h3-10,34H,2,11-13H2,1H3/t27-/m1/s1. The van der Waals surface area contributed by atoms with Gasteiger partial charge in [0.05, 0.1) is 35.4 Å². The van der Waals surface area contributed by atoms with Crippen LogP contribution >= 0.6 is 0 Å². The molecule has 2 aromatic heterocycles. The number of nitrogens with zero attached hydrogens (tertiary/aromatic N) is 2. The molecule has 0 fully saturated rings. The van der Waals surface area contributed by atoms with Gasteiger partial charge in [-0.3, -0.25) is 9.59 Å². The maximum atomic E-state index is 14.2. The van der Waals surface area contributed by atoms with Crippen LogP contribution in [0.5, 0.6) is 0 Å². The highest BCUT2D eigenvalue weighted by Crippen LogP contribution is 2.43. The quantitative estimate of drug-likeness (QED) is 0.383. The van der Waals surface area contributed by atoms with Crippen molar-refractivity contribution in [1.29, 1.82) is 0 Å². The van der Waals surface area contributed by atoms with Gasteiger partial charge in [0, 0.05) is 17.0 Å². The van der Waals surface area contributed by atoms with Crippen molar-refractivity contribution in [3.63, 3.8) is 0 Å². The van der Waals surface area contributed by atoms with Crippen LogP contribution < -0.4 is 5.56 Å². The number of para-hydroxylation sites is 1. The molecule has 0 radical (unpaired) electrons. The molecule has 0 unspecified atom stereocenters. The molecule has 6 rings (SSSR count). The summed E-state index contributed by atoms with van der Waals surface area (Å²) in [7, 11) is 0. The van der Waals surface area contributed by atoms with Gasteiger partial charge in [0.1, 0.15) is 23.8 Å². The number of pyridine rings is 2. The molecule has 1 atom stereocenters. The van der Waals surface area contributed by atoms with Crippen LogP contribution in [-0.2, 0) is 28.3 Å². The van der Waals surface area contributed by atoms with E-state index in [0.29, 0.717) is 44.5 Å². The van der Waals surface area contributed by atoms with E-state index < -0.39 is 28.8 Å². The number of carbonyl (C=O) groups is 1. The van der Waals surface area contributed by atoms with Crippen LogP contribution in [-0.4, -0.2) is 20.6 Å². The molecule has 8 heteroatoms. The van der Waals surface area contributed by atoms with E-state index in [1.54, 1.807) is 19.1 Å².